The number of aromatic nitrogens is 2. The van der Waals surface area contributed by atoms with Crippen LogP contribution in [0, 0.1) is 0 Å². The average molecular weight is 469 g/mol. The highest BCUT2D eigenvalue weighted by atomic mass is 32.1. The first-order valence-corrected chi connectivity index (χ1v) is 9.96. The van der Waals surface area contributed by atoms with Crippen LogP contribution >= 0.6 is 11.3 Å². The number of carbonyl (C=O) groups is 3. The molecule has 0 saturated carbocycles. The van der Waals surface area contributed by atoms with Gasteiger partial charge in [-0.25, -0.2) is 4.79 Å². The van der Waals surface area contributed by atoms with E-state index in [2.05, 4.69) is 25.6 Å². The van der Waals surface area contributed by atoms with E-state index >= 15 is 0 Å². The number of alkyl halides is 3. The summed E-state index contributed by atoms with van der Waals surface area (Å²) in [5.74, 6) is -2.88. The van der Waals surface area contributed by atoms with Crippen LogP contribution < -0.4 is 16.4 Å². The number of nitrogens with zero attached hydrogens (tertiary/aromatic N) is 1. The van der Waals surface area contributed by atoms with Crippen molar-refractivity contribution in [2.45, 2.75) is 18.8 Å². The highest BCUT2D eigenvalue weighted by Gasteiger charge is 2.39. The van der Waals surface area contributed by atoms with Crippen molar-refractivity contribution in [3.63, 3.8) is 0 Å². The number of thiophene rings is 1. The Morgan fingerprint density at radius 3 is 2.69 bits per heavy atom. The van der Waals surface area contributed by atoms with Crippen LogP contribution in [0.4, 0.5) is 13.2 Å². The van der Waals surface area contributed by atoms with Gasteiger partial charge in [0.25, 0.3) is 11.8 Å². The van der Waals surface area contributed by atoms with Crippen molar-refractivity contribution in [3.05, 3.63) is 51.3 Å². The van der Waals surface area contributed by atoms with E-state index in [1.54, 1.807) is 24.4 Å². The zero-order valence-electron chi connectivity index (χ0n) is 16.6. The fraction of sp³-hybridized carbons (Fsp3) is 0.263. The monoisotopic (exact) mass is 469 g/mol. The molecule has 0 saturated heterocycles. The molecule has 5 N–H and O–H groups in total. The van der Waals surface area contributed by atoms with Gasteiger partial charge >= 0.3 is 12.1 Å². The SMILES string of the molecule is COC(=O)C(CN)NC(=O)c1sc(C(=O)NCc2cccc3[nH]ncc23)cc1C(F)(F)F. The van der Waals surface area contributed by atoms with Gasteiger partial charge in [-0.15, -0.1) is 11.3 Å². The van der Waals surface area contributed by atoms with Gasteiger partial charge in [0.2, 0.25) is 0 Å². The molecule has 2 aromatic heterocycles. The van der Waals surface area contributed by atoms with Crippen LogP contribution in [-0.4, -0.2) is 47.7 Å². The van der Waals surface area contributed by atoms with E-state index in [4.69, 9.17) is 5.73 Å². The Bertz CT molecular complexity index is 1160. The highest BCUT2D eigenvalue weighted by molar-refractivity contribution is 7.16. The van der Waals surface area contributed by atoms with Crippen molar-refractivity contribution < 1.29 is 32.3 Å². The third-order valence-electron chi connectivity index (χ3n) is 4.51. The molecule has 0 radical (unpaired) electrons. The number of H-pyrrole nitrogens is 1. The number of nitrogens with two attached hydrogens (primary N) is 1. The molecule has 3 aromatic rings. The van der Waals surface area contributed by atoms with Gasteiger partial charge in [-0.1, -0.05) is 12.1 Å². The number of fused-ring (bicyclic) bond motifs is 1. The van der Waals surface area contributed by atoms with E-state index in [-0.39, 0.29) is 18.0 Å². The molecule has 170 valence electrons. The minimum absolute atomic E-state index is 0.0358. The molecular weight excluding hydrogens is 451 g/mol. The lowest BCUT2D eigenvalue weighted by Gasteiger charge is -2.14. The summed E-state index contributed by atoms with van der Waals surface area (Å²) < 4.78 is 44.9. The Morgan fingerprint density at radius 2 is 2.03 bits per heavy atom. The molecule has 0 spiro atoms. The summed E-state index contributed by atoms with van der Waals surface area (Å²) in [5, 5.41) is 12.1. The molecule has 0 bridgehead atoms. The van der Waals surface area contributed by atoms with Gasteiger partial charge in [-0.3, -0.25) is 14.7 Å². The molecule has 13 heteroatoms. The molecule has 1 atom stereocenters. The van der Waals surface area contributed by atoms with Crippen molar-refractivity contribution >= 4 is 40.0 Å². The predicted octanol–water partition coefficient (Wildman–Crippen LogP) is 1.80. The first-order valence-electron chi connectivity index (χ1n) is 9.14. The van der Waals surface area contributed by atoms with Gasteiger partial charge in [0.05, 0.1) is 29.3 Å². The van der Waals surface area contributed by atoms with Crippen LogP contribution in [0.3, 0.4) is 0 Å². The Morgan fingerprint density at radius 1 is 1.28 bits per heavy atom. The second-order valence-corrected chi connectivity index (χ2v) is 7.62. The topological polar surface area (TPSA) is 139 Å². The molecular formula is C19H18F3N5O4S. The second kappa shape index (κ2) is 9.36. The maximum Gasteiger partial charge on any atom is 0.418 e. The van der Waals surface area contributed by atoms with Gasteiger partial charge in [0.1, 0.15) is 10.9 Å². The number of hydrogen-bond acceptors (Lipinski definition) is 7. The highest BCUT2D eigenvalue weighted by Crippen LogP contribution is 2.37. The summed E-state index contributed by atoms with van der Waals surface area (Å²) in [6, 6.07) is 4.54. The van der Waals surface area contributed by atoms with Crippen LogP contribution in [0.15, 0.2) is 30.5 Å². The summed E-state index contributed by atoms with van der Waals surface area (Å²) in [5.41, 5.74) is 5.53. The van der Waals surface area contributed by atoms with Gasteiger partial charge in [-0.05, 0) is 17.7 Å². The van der Waals surface area contributed by atoms with Crippen molar-refractivity contribution in [2.75, 3.05) is 13.7 Å². The van der Waals surface area contributed by atoms with Gasteiger partial charge in [0.15, 0.2) is 0 Å². The predicted molar refractivity (Wildman–Crippen MR) is 109 cm³/mol. The van der Waals surface area contributed by atoms with Gasteiger partial charge in [0, 0.05) is 18.5 Å². The number of esters is 1. The minimum atomic E-state index is -4.90. The van der Waals surface area contributed by atoms with Crippen LogP contribution in [0.2, 0.25) is 0 Å². The molecule has 9 nitrogen and oxygen atoms in total. The normalized spacial score (nSPS) is 12.4. The van der Waals surface area contributed by atoms with Crippen molar-refractivity contribution in [2.24, 2.45) is 5.73 Å². The lowest BCUT2D eigenvalue weighted by molar-refractivity contribution is -0.142. The number of nitrogens with one attached hydrogen (secondary N) is 3. The molecule has 1 aromatic carbocycles. The van der Waals surface area contributed by atoms with E-state index in [0.717, 1.165) is 18.0 Å². The van der Waals surface area contributed by atoms with Crippen LogP contribution in [0.25, 0.3) is 10.9 Å². The first kappa shape index (κ1) is 23.2. The average Bonchev–Trinajstić information content (AvgIpc) is 3.42. The molecule has 0 aliphatic rings. The van der Waals surface area contributed by atoms with E-state index in [9.17, 15) is 27.6 Å². The number of rotatable bonds is 7. The van der Waals surface area contributed by atoms with Crippen LogP contribution in [0.5, 0.6) is 0 Å². The lowest BCUT2D eigenvalue weighted by atomic mass is 10.1. The minimum Gasteiger partial charge on any atom is -0.467 e. The number of benzene rings is 1. The van der Waals surface area contributed by atoms with E-state index in [1.165, 1.54) is 0 Å². The molecule has 0 aliphatic carbocycles. The maximum absolute atomic E-state index is 13.5. The molecule has 3 rings (SSSR count). The number of methoxy groups -OCH3 is 1. The standard InChI is InChI=1S/C19H18F3N5O4S/c1-31-18(30)13(6-23)26-17(29)15-11(19(20,21)22)5-14(32-15)16(28)24-7-9-3-2-4-12-10(9)8-25-27-12/h2-5,8,13H,6-7,23H2,1H3,(H,24,28)(H,25,27)(H,26,29). The molecule has 2 amide bonds. The number of carbonyl (C=O) groups excluding carboxylic acids is 3. The smallest absolute Gasteiger partial charge is 0.418 e. The Labute approximate surface area is 183 Å². The summed E-state index contributed by atoms with van der Waals surface area (Å²) in [6.45, 7) is -0.341. The van der Waals surface area contributed by atoms with Crippen molar-refractivity contribution in [1.29, 1.82) is 0 Å². The number of ether oxygens (including phenoxy) is 1. The summed E-state index contributed by atoms with van der Waals surface area (Å²) in [4.78, 5) is 35.5. The van der Waals surface area contributed by atoms with Gasteiger partial charge in [-0.2, -0.15) is 18.3 Å². The number of aromatic amines is 1. The first-order chi connectivity index (χ1) is 15.2. The second-order valence-electron chi connectivity index (χ2n) is 6.57. The largest absolute Gasteiger partial charge is 0.467 e. The molecule has 32 heavy (non-hydrogen) atoms. The lowest BCUT2D eigenvalue weighted by Crippen LogP contribution is -2.46. The van der Waals surface area contributed by atoms with Crippen LogP contribution in [-0.2, 0) is 22.3 Å². The van der Waals surface area contributed by atoms with Gasteiger partial charge < -0.3 is 21.1 Å². The fourth-order valence-electron chi connectivity index (χ4n) is 2.91. The van der Waals surface area contributed by atoms with Crippen molar-refractivity contribution in [3.8, 4) is 0 Å². The summed E-state index contributed by atoms with van der Waals surface area (Å²) >= 11 is 0.359. The number of hydrogen-bond donors (Lipinski definition) is 4. The molecule has 0 aliphatic heterocycles. The Balaban J connectivity index is 1.82. The number of amides is 2. The molecule has 0 fully saturated rings. The molecule has 2 heterocycles. The third-order valence-corrected chi connectivity index (χ3v) is 5.64. The maximum atomic E-state index is 13.5. The third kappa shape index (κ3) is 4.89. The zero-order chi connectivity index (χ0) is 23.5. The van der Waals surface area contributed by atoms with E-state index < -0.39 is 40.4 Å². The van der Waals surface area contributed by atoms with Crippen molar-refractivity contribution in [1.82, 2.24) is 20.8 Å². The fourth-order valence-corrected chi connectivity index (χ4v) is 3.91. The summed E-state index contributed by atoms with van der Waals surface area (Å²) in [6.07, 6.45) is -3.32. The number of halogens is 3. The zero-order valence-corrected chi connectivity index (χ0v) is 17.4. The van der Waals surface area contributed by atoms with E-state index in [0.29, 0.717) is 23.0 Å². The Kier molecular flexibility index (Phi) is 6.79. The molecule has 1 unspecified atom stereocenters. The van der Waals surface area contributed by atoms with Crippen LogP contribution in [0.1, 0.15) is 30.5 Å². The Hall–Kier alpha value is -3.45. The quantitative estimate of drug-likeness (QED) is 0.389. The van der Waals surface area contributed by atoms with E-state index in [1.807, 2.05) is 0 Å². The summed E-state index contributed by atoms with van der Waals surface area (Å²) in [7, 11) is 1.05.